The highest BCUT2D eigenvalue weighted by Gasteiger charge is 2.25. The van der Waals surface area contributed by atoms with Crippen LogP contribution in [0.25, 0.3) is 0 Å². The summed E-state index contributed by atoms with van der Waals surface area (Å²) in [5.74, 6) is 2.75. The highest BCUT2D eigenvalue weighted by molar-refractivity contribution is 14.0. The van der Waals surface area contributed by atoms with Crippen molar-refractivity contribution in [1.82, 2.24) is 14.5 Å². The Morgan fingerprint density at radius 1 is 1.28 bits per heavy atom. The highest BCUT2D eigenvalue weighted by Crippen LogP contribution is 2.25. The van der Waals surface area contributed by atoms with Gasteiger partial charge >= 0.3 is 0 Å². The number of benzene rings is 1. The first-order valence-electron chi connectivity index (χ1n) is 9.36. The minimum absolute atomic E-state index is 0. The Labute approximate surface area is 191 Å². The van der Waals surface area contributed by atoms with Gasteiger partial charge in [-0.3, -0.25) is 4.99 Å². The summed E-state index contributed by atoms with van der Waals surface area (Å²) in [6.07, 6.45) is 2.98. The Balaban J connectivity index is 0.00000420. The van der Waals surface area contributed by atoms with Crippen LogP contribution < -0.4 is 14.8 Å². The fourth-order valence-electron chi connectivity index (χ4n) is 3.38. The molecule has 1 aromatic carbocycles. The second-order valence-corrected chi connectivity index (χ2v) is 9.05. The first-order chi connectivity index (χ1) is 13.3. The molecule has 0 aliphatic carbocycles. The molecule has 1 aromatic rings. The number of halogens is 1. The number of sulfonamides is 1. The van der Waals surface area contributed by atoms with Crippen LogP contribution in [0.3, 0.4) is 0 Å². The lowest BCUT2D eigenvalue weighted by Gasteiger charge is -2.31. The second kappa shape index (κ2) is 11.8. The van der Waals surface area contributed by atoms with Crippen LogP contribution >= 0.6 is 24.0 Å². The molecule has 1 heterocycles. The molecule has 166 valence electrons. The summed E-state index contributed by atoms with van der Waals surface area (Å²) >= 11 is 0. The van der Waals surface area contributed by atoms with Gasteiger partial charge in [0.05, 0.1) is 20.5 Å². The van der Waals surface area contributed by atoms with Crippen LogP contribution in [-0.4, -0.2) is 77.8 Å². The topological polar surface area (TPSA) is 83.5 Å². The average Bonchev–Trinajstić information content (AvgIpc) is 2.68. The Morgan fingerprint density at radius 3 is 2.45 bits per heavy atom. The first-order valence-corrected chi connectivity index (χ1v) is 11.2. The normalized spacial score (nSPS) is 16.1. The molecule has 0 spiro atoms. The van der Waals surface area contributed by atoms with Gasteiger partial charge in [0.25, 0.3) is 0 Å². The van der Waals surface area contributed by atoms with Crippen molar-refractivity contribution in [3.05, 3.63) is 23.8 Å². The van der Waals surface area contributed by atoms with E-state index in [0.717, 1.165) is 42.4 Å². The number of piperidine rings is 1. The smallest absolute Gasteiger partial charge is 0.211 e. The quantitative estimate of drug-likeness (QED) is 0.324. The maximum absolute atomic E-state index is 11.6. The zero-order valence-corrected chi connectivity index (χ0v) is 21.0. The number of methoxy groups -OCH3 is 2. The van der Waals surface area contributed by atoms with Crippen molar-refractivity contribution in [2.24, 2.45) is 10.9 Å². The lowest BCUT2D eigenvalue weighted by atomic mass is 9.98. The predicted octanol–water partition coefficient (Wildman–Crippen LogP) is 2.00. The summed E-state index contributed by atoms with van der Waals surface area (Å²) in [6, 6.07) is 5.77. The summed E-state index contributed by atoms with van der Waals surface area (Å²) in [5, 5.41) is 3.42. The molecule has 2 rings (SSSR count). The molecule has 0 saturated carbocycles. The summed E-state index contributed by atoms with van der Waals surface area (Å²) in [5.41, 5.74) is 1.04. The van der Waals surface area contributed by atoms with Gasteiger partial charge in [-0.1, -0.05) is 0 Å². The molecular formula is C19H33IN4O4S. The van der Waals surface area contributed by atoms with Crippen molar-refractivity contribution < 1.29 is 17.9 Å². The van der Waals surface area contributed by atoms with Gasteiger partial charge in [0.2, 0.25) is 10.0 Å². The van der Waals surface area contributed by atoms with Gasteiger partial charge in [-0.2, -0.15) is 0 Å². The zero-order valence-electron chi connectivity index (χ0n) is 17.8. The molecule has 0 unspecified atom stereocenters. The largest absolute Gasteiger partial charge is 0.497 e. The van der Waals surface area contributed by atoms with Crippen LogP contribution in [0.1, 0.15) is 18.4 Å². The van der Waals surface area contributed by atoms with E-state index in [1.54, 1.807) is 25.6 Å². The van der Waals surface area contributed by atoms with Crippen LogP contribution in [0.2, 0.25) is 0 Å². The third-order valence-electron chi connectivity index (χ3n) is 5.07. The summed E-state index contributed by atoms with van der Waals surface area (Å²) in [7, 11) is 3.93. The average molecular weight is 540 g/mol. The molecule has 0 atom stereocenters. The molecule has 0 amide bonds. The van der Waals surface area contributed by atoms with Gasteiger partial charge in [-0.05, 0) is 30.9 Å². The zero-order chi connectivity index (χ0) is 20.7. The predicted molar refractivity (Wildman–Crippen MR) is 127 cm³/mol. The van der Waals surface area contributed by atoms with Gasteiger partial charge in [0, 0.05) is 51.9 Å². The molecule has 0 radical (unpaired) electrons. The van der Waals surface area contributed by atoms with E-state index >= 15 is 0 Å². The van der Waals surface area contributed by atoms with Gasteiger partial charge in [0.15, 0.2) is 5.96 Å². The Kier molecular flexibility index (Phi) is 10.5. The van der Waals surface area contributed by atoms with Crippen LogP contribution in [0.15, 0.2) is 23.2 Å². The standard InChI is InChI=1S/C19H32N4O4S.HI/c1-20-19(21-13-15-8-10-23(11-9-15)28(5,24)25)22(2)14-16-6-7-17(26-3)12-18(16)27-4;/h6-7,12,15H,8-11,13-14H2,1-5H3,(H,20,21);1H. The number of nitrogens with zero attached hydrogens (tertiary/aromatic N) is 3. The molecule has 1 fully saturated rings. The van der Waals surface area contributed by atoms with E-state index in [1.807, 2.05) is 30.1 Å². The molecule has 29 heavy (non-hydrogen) atoms. The fourth-order valence-corrected chi connectivity index (χ4v) is 4.25. The van der Waals surface area contributed by atoms with Crippen LogP contribution in [0.4, 0.5) is 0 Å². The molecule has 1 saturated heterocycles. The third kappa shape index (κ3) is 7.49. The number of aliphatic imine (C=N–C) groups is 1. The summed E-state index contributed by atoms with van der Waals surface area (Å²) < 4.78 is 35.5. The Morgan fingerprint density at radius 2 is 1.93 bits per heavy atom. The van der Waals surface area contributed by atoms with E-state index in [9.17, 15) is 8.42 Å². The third-order valence-corrected chi connectivity index (χ3v) is 6.37. The molecule has 1 aliphatic rings. The van der Waals surface area contributed by atoms with E-state index in [2.05, 4.69) is 10.3 Å². The highest BCUT2D eigenvalue weighted by atomic mass is 127. The van der Waals surface area contributed by atoms with E-state index in [4.69, 9.17) is 9.47 Å². The number of nitrogens with one attached hydrogen (secondary N) is 1. The first kappa shape index (κ1) is 25.8. The maximum atomic E-state index is 11.6. The number of hydrogen-bond acceptors (Lipinski definition) is 5. The van der Waals surface area contributed by atoms with Gasteiger partial charge in [-0.15, -0.1) is 24.0 Å². The number of ether oxygens (including phenoxy) is 2. The second-order valence-electron chi connectivity index (χ2n) is 7.07. The summed E-state index contributed by atoms with van der Waals surface area (Å²) in [6.45, 7) is 2.58. The molecule has 0 aromatic heterocycles. The van der Waals surface area contributed by atoms with Crippen molar-refractivity contribution in [3.8, 4) is 11.5 Å². The van der Waals surface area contributed by atoms with Crippen molar-refractivity contribution in [2.45, 2.75) is 19.4 Å². The van der Waals surface area contributed by atoms with E-state index < -0.39 is 10.0 Å². The molecule has 10 heteroatoms. The number of hydrogen-bond donors (Lipinski definition) is 1. The van der Waals surface area contributed by atoms with Crippen LogP contribution in [0, 0.1) is 5.92 Å². The molecule has 8 nitrogen and oxygen atoms in total. The van der Waals surface area contributed by atoms with E-state index in [1.165, 1.54) is 6.26 Å². The molecule has 1 N–H and O–H groups in total. The SMILES string of the molecule is CN=C(NCC1CCN(S(C)(=O)=O)CC1)N(C)Cc1ccc(OC)cc1OC.I. The van der Waals surface area contributed by atoms with Gasteiger partial charge in [0.1, 0.15) is 11.5 Å². The monoisotopic (exact) mass is 540 g/mol. The van der Waals surface area contributed by atoms with Crippen LogP contribution in [0.5, 0.6) is 11.5 Å². The molecular weight excluding hydrogens is 507 g/mol. The Hall–Kier alpha value is -1.27. The van der Waals surface area contributed by atoms with E-state index in [0.29, 0.717) is 25.6 Å². The Bertz CT molecular complexity index is 780. The number of guanidine groups is 1. The van der Waals surface area contributed by atoms with Crippen molar-refractivity contribution >= 4 is 40.0 Å². The van der Waals surface area contributed by atoms with Gasteiger partial charge in [-0.25, -0.2) is 12.7 Å². The van der Waals surface area contributed by atoms with Crippen molar-refractivity contribution in [3.63, 3.8) is 0 Å². The lowest BCUT2D eigenvalue weighted by Crippen LogP contribution is -2.44. The van der Waals surface area contributed by atoms with Crippen LogP contribution in [-0.2, 0) is 16.6 Å². The number of rotatable bonds is 7. The van der Waals surface area contributed by atoms with Gasteiger partial charge < -0.3 is 19.7 Å². The summed E-state index contributed by atoms with van der Waals surface area (Å²) in [4.78, 5) is 6.41. The lowest BCUT2D eigenvalue weighted by molar-refractivity contribution is 0.273. The van der Waals surface area contributed by atoms with E-state index in [-0.39, 0.29) is 24.0 Å². The minimum Gasteiger partial charge on any atom is -0.497 e. The van der Waals surface area contributed by atoms with Crippen molar-refractivity contribution in [1.29, 1.82) is 0 Å². The van der Waals surface area contributed by atoms with Crippen molar-refractivity contribution in [2.75, 3.05) is 54.2 Å². The molecule has 1 aliphatic heterocycles. The molecule has 0 bridgehead atoms. The fraction of sp³-hybridized carbons (Fsp3) is 0.632. The maximum Gasteiger partial charge on any atom is 0.211 e. The minimum atomic E-state index is -3.08.